The van der Waals surface area contributed by atoms with Crippen molar-refractivity contribution in [3.8, 4) is 0 Å². The summed E-state index contributed by atoms with van der Waals surface area (Å²) in [6.07, 6.45) is 0.510. The number of hydrogen-bond acceptors (Lipinski definition) is 1. The zero-order valence-corrected chi connectivity index (χ0v) is 12.1. The summed E-state index contributed by atoms with van der Waals surface area (Å²) in [5.41, 5.74) is 1.04. The van der Waals surface area contributed by atoms with E-state index in [1.165, 1.54) is 30.3 Å². The van der Waals surface area contributed by atoms with Gasteiger partial charge < -0.3 is 5.32 Å². The molecule has 20 heavy (non-hydrogen) atoms. The third-order valence-electron chi connectivity index (χ3n) is 2.78. The van der Waals surface area contributed by atoms with Gasteiger partial charge >= 0.3 is 0 Å². The summed E-state index contributed by atoms with van der Waals surface area (Å²) in [5, 5.41) is 2.68. The van der Waals surface area contributed by atoms with Crippen LogP contribution in [0.4, 0.5) is 8.78 Å². The summed E-state index contributed by atoms with van der Waals surface area (Å²) in [6, 6.07) is 10.5. The van der Waals surface area contributed by atoms with Crippen LogP contribution >= 0.6 is 15.9 Å². The topological polar surface area (TPSA) is 29.1 Å². The van der Waals surface area contributed by atoms with Gasteiger partial charge in [0, 0.05) is 6.54 Å². The quantitative estimate of drug-likeness (QED) is 0.904. The van der Waals surface area contributed by atoms with Gasteiger partial charge in [-0.3, -0.25) is 4.79 Å². The van der Waals surface area contributed by atoms with E-state index in [-0.39, 0.29) is 21.8 Å². The van der Waals surface area contributed by atoms with E-state index in [2.05, 4.69) is 21.2 Å². The first-order valence-corrected chi connectivity index (χ1v) is 6.84. The highest BCUT2D eigenvalue weighted by Gasteiger charge is 2.12. The molecule has 0 unspecified atom stereocenters. The van der Waals surface area contributed by atoms with Crippen LogP contribution in [0.2, 0.25) is 0 Å². The molecule has 2 aromatic carbocycles. The van der Waals surface area contributed by atoms with Gasteiger partial charge in [-0.05, 0) is 52.2 Å². The molecule has 0 atom stereocenters. The van der Waals surface area contributed by atoms with Crippen LogP contribution in [0.25, 0.3) is 0 Å². The van der Waals surface area contributed by atoms with Gasteiger partial charge in [0.25, 0.3) is 5.91 Å². The van der Waals surface area contributed by atoms with Crippen LogP contribution in [0.15, 0.2) is 46.9 Å². The molecule has 0 aliphatic carbocycles. The number of nitrogens with one attached hydrogen (secondary N) is 1. The van der Waals surface area contributed by atoms with E-state index in [1.54, 1.807) is 12.1 Å². The summed E-state index contributed by atoms with van der Waals surface area (Å²) in [6.45, 7) is 0.352. The second kappa shape index (κ2) is 6.61. The van der Waals surface area contributed by atoms with Crippen molar-refractivity contribution < 1.29 is 13.6 Å². The molecule has 5 heteroatoms. The van der Waals surface area contributed by atoms with Crippen LogP contribution in [-0.2, 0) is 6.42 Å². The van der Waals surface area contributed by atoms with Crippen molar-refractivity contribution in [1.82, 2.24) is 5.32 Å². The molecule has 1 amide bonds. The van der Waals surface area contributed by atoms with Crippen LogP contribution < -0.4 is 5.32 Å². The van der Waals surface area contributed by atoms with Crippen molar-refractivity contribution in [2.24, 2.45) is 0 Å². The Labute approximate surface area is 123 Å². The smallest absolute Gasteiger partial charge is 0.252 e. The predicted molar refractivity (Wildman–Crippen MR) is 76.5 cm³/mol. The lowest BCUT2D eigenvalue weighted by atomic mass is 10.1. The fraction of sp³-hybridized carbons (Fsp3) is 0.133. The van der Waals surface area contributed by atoms with E-state index >= 15 is 0 Å². The largest absolute Gasteiger partial charge is 0.352 e. The molecule has 0 bridgehead atoms. The third-order valence-corrected chi connectivity index (χ3v) is 3.59. The molecule has 0 fully saturated rings. The number of carbonyl (C=O) groups is 1. The molecule has 0 radical (unpaired) electrons. The minimum absolute atomic E-state index is 0.142. The molecule has 0 saturated heterocycles. The van der Waals surface area contributed by atoms with Crippen molar-refractivity contribution in [2.75, 3.05) is 6.54 Å². The summed E-state index contributed by atoms with van der Waals surface area (Å²) in [5.74, 6) is -1.16. The molecule has 0 aliphatic rings. The van der Waals surface area contributed by atoms with Crippen LogP contribution in [0.5, 0.6) is 0 Å². The van der Waals surface area contributed by atoms with Crippen LogP contribution in [0.3, 0.4) is 0 Å². The van der Waals surface area contributed by atoms with Gasteiger partial charge in [0.2, 0.25) is 0 Å². The van der Waals surface area contributed by atoms with Gasteiger partial charge in [0.15, 0.2) is 0 Å². The average Bonchev–Trinajstić information content (AvgIpc) is 2.42. The Bertz CT molecular complexity index is 631. The monoisotopic (exact) mass is 339 g/mol. The molecule has 0 saturated carbocycles. The predicted octanol–water partition coefficient (Wildman–Crippen LogP) is 3.70. The molecule has 0 aromatic heterocycles. The maximum Gasteiger partial charge on any atom is 0.252 e. The molecular weight excluding hydrogens is 328 g/mol. The summed E-state index contributed by atoms with van der Waals surface area (Å²) in [4.78, 5) is 11.9. The van der Waals surface area contributed by atoms with E-state index in [1.807, 2.05) is 0 Å². The average molecular weight is 340 g/mol. The lowest BCUT2D eigenvalue weighted by molar-refractivity contribution is 0.0953. The van der Waals surface area contributed by atoms with Crippen molar-refractivity contribution in [2.45, 2.75) is 6.42 Å². The number of benzene rings is 2. The summed E-state index contributed by atoms with van der Waals surface area (Å²) >= 11 is 3.04. The van der Waals surface area contributed by atoms with E-state index in [0.29, 0.717) is 13.0 Å². The Balaban J connectivity index is 1.94. The Morgan fingerprint density at radius 3 is 2.65 bits per heavy atom. The molecule has 2 nitrogen and oxygen atoms in total. The number of amides is 1. The Hall–Kier alpha value is -1.75. The minimum atomic E-state index is -0.484. The number of hydrogen-bond donors (Lipinski definition) is 1. The Morgan fingerprint density at radius 2 is 1.90 bits per heavy atom. The fourth-order valence-electron chi connectivity index (χ4n) is 1.79. The maximum absolute atomic E-state index is 13.3. The highest BCUT2D eigenvalue weighted by atomic mass is 79.9. The second-order valence-corrected chi connectivity index (χ2v) is 5.03. The van der Waals surface area contributed by atoms with Crippen molar-refractivity contribution in [3.63, 3.8) is 0 Å². The molecule has 2 rings (SSSR count). The molecule has 0 heterocycles. The molecular formula is C15H12BrF2NO. The molecule has 0 spiro atoms. The number of halogens is 3. The number of rotatable bonds is 4. The highest BCUT2D eigenvalue weighted by molar-refractivity contribution is 9.10. The molecule has 0 aliphatic heterocycles. The van der Waals surface area contributed by atoms with Crippen molar-refractivity contribution in [1.29, 1.82) is 0 Å². The maximum atomic E-state index is 13.3. The summed E-state index contributed by atoms with van der Waals surface area (Å²) < 4.78 is 26.4. The lowest BCUT2D eigenvalue weighted by Crippen LogP contribution is -2.26. The minimum Gasteiger partial charge on any atom is -0.352 e. The van der Waals surface area contributed by atoms with E-state index in [9.17, 15) is 13.6 Å². The number of carbonyl (C=O) groups excluding carboxylic acids is 1. The molecule has 104 valence electrons. The summed E-state index contributed by atoms with van der Waals surface area (Å²) in [7, 11) is 0. The SMILES string of the molecule is O=C(NCCc1cccc(F)c1)c1cccc(F)c1Br. The standard InChI is InChI=1S/C15H12BrF2NO/c16-14-12(5-2-6-13(14)18)15(20)19-8-7-10-3-1-4-11(17)9-10/h1-6,9H,7-8H2,(H,19,20). The van der Waals surface area contributed by atoms with Crippen LogP contribution in [-0.4, -0.2) is 12.5 Å². The normalized spacial score (nSPS) is 10.3. The Morgan fingerprint density at radius 1 is 1.15 bits per heavy atom. The first-order chi connectivity index (χ1) is 9.58. The lowest BCUT2D eigenvalue weighted by Gasteiger charge is -2.07. The first-order valence-electron chi connectivity index (χ1n) is 6.04. The fourth-order valence-corrected chi connectivity index (χ4v) is 2.23. The van der Waals surface area contributed by atoms with Gasteiger partial charge in [-0.2, -0.15) is 0 Å². The van der Waals surface area contributed by atoms with E-state index in [4.69, 9.17) is 0 Å². The first kappa shape index (κ1) is 14.7. The van der Waals surface area contributed by atoms with Crippen molar-refractivity contribution in [3.05, 3.63) is 69.7 Å². The van der Waals surface area contributed by atoms with Gasteiger partial charge in [-0.25, -0.2) is 8.78 Å². The second-order valence-electron chi connectivity index (χ2n) is 4.24. The third kappa shape index (κ3) is 3.63. The van der Waals surface area contributed by atoms with Gasteiger partial charge in [0.1, 0.15) is 11.6 Å². The zero-order valence-electron chi connectivity index (χ0n) is 10.5. The van der Waals surface area contributed by atoms with Gasteiger partial charge in [-0.15, -0.1) is 0 Å². The van der Waals surface area contributed by atoms with Crippen LogP contribution in [0.1, 0.15) is 15.9 Å². The van der Waals surface area contributed by atoms with Crippen molar-refractivity contribution >= 4 is 21.8 Å². The van der Waals surface area contributed by atoms with Gasteiger partial charge in [-0.1, -0.05) is 18.2 Å². The highest BCUT2D eigenvalue weighted by Crippen LogP contribution is 2.20. The van der Waals surface area contributed by atoms with Gasteiger partial charge in [0.05, 0.1) is 10.0 Å². The zero-order chi connectivity index (χ0) is 14.5. The Kier molecular flexibility index (Phi) is 4.84. The molecule has 2 aromatic rings. The van der Waals surface area contributed by atoms with Crippen LogP contribution in [0, 0.1) is 11.6 Å². The van der Waals surface area contributed by atoms with E-state index in [0.717, 1.165) is 5.56 Å². The van der Waals surface area contributed by atoms with E-state index < -0.39 is 5.82 Å². The molecule has 1 N–H and O–H groups in total.